The van der Waals surface area contributed by atoms with Crippen molar-refractivity contribution in [3.8, 4) is 11.4 Å². The molecule has 184 valence electrons. The molecule has 9 nitrogen and oxygen atoms in total. The van der Waals surface area contributed by atoms with Gasteiger partial charge in [0.2, 0.25) is 0 Å². The van der Waals surface area contributed by atoms with Crippen LogP contribution in [0.15, 0.2) is 54.0 Å². The number of amides is 2. The predicted octanol–water partition coefficient (Wildman–Crippen LogP) is 6.40. The van der Waals surface area contributed by atoms with E-state index in [0.29, 0.717) is 11.4 Å². The minimum Gasteiger partial charge on any atom is -0.308 e. The Kier molecular flexibility index (Phi) is 11.6. The van der Waals surface area contributed by atoms with E-state index in [2.05, 4.69) is 64.0 Å². The molecule has 1 aliphatic heterocycles. The summed E-state index contributed by atoms with van der Waals surface area (Å²) in [6.45, 7) is 0. The molecule has 4 heterocycles. The number of halogens is 7. The minimum atomic E-state index is -3.22. The number of carbonyl (C=O) groups excluding carboxylic acids is 2. The van der Waals surface area contributed by atoms with E-state index >= 15 is 0 Å². The summed E-state index contributed by atoms with van der Waals surface area (Å²) >= 11 is 36.6. The van der Waals surface area contributed by atoms with Gasteiger partial charge in [-0.15, -0.1) is 11.6 Å². The van der Waals surface area contributed by atoms with Crippen molar-refractivity contribution >= 4 is 103 Å². The molecule has 0 saturated carbocycles. The molecular weight excluding hydrogens is 627 g/mol. The number of hydrogen-bond donors (Lipinski definition) is 1. The summed E-state index contributed by atoms with van der Waals surface area (Å²) in [6, 6.07) is 6.80. The largest absolute Gasteiger partial charge is 0.339 e. The summed E-state index contributed by atoms with van der Waals surface area (Å²) < 4.78 is 9.51. The van der Waals surface area contributed by atoms with Crippen LogP contribution in [-0.2, 0) is 14.2 Å². The van der Waals surface area contributed by atoms with E-state index in [1.54, 1.807) is 49.1 Å². The van der Waals surface area contributed by atoms with Crippen molar-refractivity contribution in [1.29, 1.82) is 0 Å². The standard InChI is InChI=1S/C9H4Cl3N3.C9H6ClN3O2.Cl3OP/c10-6-7(11)14-9(15-8(6)12)5-1-3-13-4-2-5;10-6-8(14)12-7(13-9(6)15)5-1-3-11-4-2-5;1-5(2,3)4/h1-4H;1-4,6H,(H,12,13,14,15);. The second kappa shape index (κ2) is 13.7. The smallest absolute Gasteiger partial charge is 0.308 e. The third-order valence-corrected chi connectivity index (χ3v) is 5.06. The van der Waals surface area contributed by atoms with Crippen LogP contribution in [0.4, 0.5) is 0 Å². The van der Waals surface area contributed by atoms with Crippen LogP contribution in [0.2, 0.25) is 15.3 Å². The van der Waals surface area contributed by atoms with Crippen molar-refractivity contribution in [3.63, 3.8) is 0 Å². The lowest BCUT2D eigenvalue weighted by atomic mass is 10.2. The third kappa shape index (κ3) is 10.1. The summed E-state index contributed by atoms with van der Waals surface area (Å²) in [7, 11) is 0. The van der Waals surface area contributed by atoms with Crippen molar-refractivity contribution < 1.29 is 14.2 Å². The van der Waals surface area contributed by atoms with Crippen LogP contribution in [0, 0.1) is 0 Å². The van der Waals surface area contributed by atoms with Crippen LogP contribution in [-0.4, -0.2) is 43.0 Å². The number of nitrogens with zero attached hydrogens (tertiary/aromatic N) is 5. The molecule has 0 saturated heterocycles. The zero-order chi connectivity index (χ0) is 26.2. The summed E-state index contributed by atoms with van der Waals surface area (Å²) in [6.07, 6.45) is 6.35. The maximum atomic E-state index is 11.2. The lowest BCUT2D eigenvalue weighted by Gasteiger charge is -2.15. The van der Waals surface area contributed by atoms with Gasteiger partial charge < -0.3 is 5.32 Å². The summed E-state index contributed by atoms with van der Waals surface area (Å²) in [4.78, 5) is 41.8. The number of amidine groups is 1. The van der Waals surface area contributed by atoms with Crippen LogP contribution < -0.4 is 5.32 Å². The molecule has 4 rings (SSSR count). The van der Waals surface area contributed by atoms with E-state index < -0.39 is 22.4 Å². The number of nitrogens with one attached hydrogen (secondary N) is 1. The zero-order valence-corrected chi connectivity index (χ0v) is 22.9. The number of hydrogen-bond acceptors (Lipinski definition) is 7. The molecule has 0 radical (unpaired) electrons. The number of rotatable bonds is 2. The Morgan fingerprint density at radius 3 is 1.66 bits per heavy atom. The minimum absolute atomic E-state index is 0.142. The lowest BCUT2D eigenvalue weighted by molar-refractivity contribution is -0.127. The van der Waals surface area contributed by atoms with Gasteiger partial charge in [-0.25, -0.2) is 9.97 Å². The van der Waals surface area contributed by atoms with E-state index in [4.69, 9.17) is 46.4 Å². The highest BCUT2D eigenvalue weighted by Gasteiger charge is 2.30. The van der Waals surface area contributed by atoms with Crippen molar-refractivity contribution in [3.05, 3.63) is 69.9 Å². The van der Waals surface area contributed by atoms with E-state index in [1.807, 2.05) is 0 Å². The van der Waals surface area contributed by atoms with E-state index in [-0.39, 0.29) is 21.2 Å². The highest BCUT2D eigenvalue weighted by molar-refractivity contribution is 8.24. The Morgan fingerprint density at radius 2 is 1.23 bits per heavy atom. The SMILES string of the molecule is Clc1nc(-c2ccncc2)nc(Cl)c1Cl.O=C1N=C(c2ccncc2)NC(=O)C1Cl.O=P(Cl)(Cl)Cl. The van der Waals surface area contributed by atoms with Crippen LogP contribution >= 0.6 is 85.3 Å². The normalized spacial score (nSPS) is 15.1. The molecule has 0 aromatic carbocycles. The summed E-state index contributed by atoms with van der Waals surface area (Å²) in [5.74, 6) is -0.559. The molecule has 3 aromatic heterocycles. The average Bonchev–Trinajstić information content (AvgIpc) is 2.81. The van der Waals surface area contributed by atoms with E-state index in [0.717, 1.165) is 5.56 Å². The molecule has 3 aromatic rings. The van der Waals surface area contributed by atoms with E-state index in [9.17, 15) is 14.2 Å². The molecule has 0 fully saturated rings. The van der Waals surface area contributed by atoms with Gasteiger partial charge in [-0.05, 0) is 58.0 Å². The van der Waals surface area contributed by atoms with Crippen molar-refractivity contribution in [2.24, 2.45) is 4.99 Å². The quantitative estimate of drug-likeness (QED) is 0.149. The molecule has 0 aliphatic carbocycles. The van der Waals surface area contributed by atoms with Gasteiger partial charge in [-0.1, -0.05) is 34.8 Å². The number of carbonyl (C=O) groups is 2. The molecule has 0 bridgehead atoms. The first-order valence-corrected chi connectivity index (χ1v) is 14.8. The molecule has 1 N–H and O–H groups in total. The average molecular weight is 637 g/mol. The number of aliphatic imine (C=N–C) groups is 1. The van der Waals surface area contributed by atoms with Crippen molar-refractivity contribution in [2.75, 3.05) is 0 Å². The lowest BCUT2D eigenvalue weighted by Crippen LogP contribution is -2.45. The van der Waals surface area contributed by atoms with Gasteiger partial charge in [-0.2, -0.15) is 4.99 Å². The molecule has 35 heavy (non-hydrogen) atoms. The Balaban J connectivity index is 0.000000208. The van der Waals surface area contributed by atoms with Crippen LogP contribution in [0.1, 0.15) is 5.56 Å². The van der Waals surface area contributed by atoms with Crippen molar-refractivity contribution in [2.45, 2.75) is 5.38 Å². The predicted molar refractivity (Wildman–Crippen MR) is 139 cm³/mol. The van der Waals surface area contributed by atoms with E-state index in [1.165, 1.54) is 0 Å². The van der Waals surface area contributed by atoms with Crippen LogP contribution in [0.5, 0.6) is 0 Å². The maximum Gasteiger partial charge on any atom is 0.339 e. The monoisotopic (exact) mass is 634 g/mol. The fraction of sp³-hybridized carbons (Fsp3) is 0.0556. The second-order valence-electron chi connectivity index (χ2n) is 5.96. The maximum absolute atomic E-state index is 11.2. The number of alkyl halides is 1. The highest BCUT2D eigenvalue weighted by Crippen LogP contribution is 2.61. The first kappa shape index (κ1) is 29.7. The Hall–Kier alpha value is -1.55. The van der Waals surface area contributed by atoms with Gasteiger partial charge in [-0.3, -0.25) is 24.1 Å². The zero-order valence-electron chi connectivity index (χ0n) is 16.7. The number of pyridine rings is 2. The fourth-order valence-corrected chi connectivity index (χ4v) is 2.73. The van der Waals surface area contributed by atoms with Crippen LogP contribution in [0.3, 0.4) is 0 Å². The topological polar surface area (TPSA) is 127 Å². The van der Waals surface area contributed by atoms with Gasteiger partial charge in [0.25, 0.3) is 11.8 Å². The van der Waals surface area contributed by atoms with Gasteiger partial charge in [0.15, 0.2) is 21.5 Å². The molecule has 1 aliphatic rings. The third-order valence-electron chi connectivity index (χ3n) is 3.57. The first-order chi connectivity index (χ1) is 16.4. The van der Waals surface area contributed by atoms with Crippen molar-refractivity contribution in [1.82, 2.24) is 25.3 Å². The summed E-state index contributed by atoms with van der Waals surface area (Å²) in [5, 5.41) is -1.56. The Morgan fingerprint density at radius 1 is 0.800 bits per heavy atom. The number of aromatic nitrogens is 4. The fourth-order valence-electron chi connectivity index (χ4n) is 2.16. The Bertz CT molecular complexity index is 1250. The second-order valence-corrected chi connectivity index (χ2v) is 14.1. The van der Waals surface area contributed by atoms with Crippen LogP contribution in [0.25, 0.3) is 11.4 Å². The molecule has 17 heteroatoms. The van der Waals surface area contributed by atoms with Gasteiger partial charge in [0.05, 0.1) is 0 Å². The molecule has 1 atom stereocenters. The summed E-state index contributed by atoms with van der Waals surface area (Å²) in [5.41, 5.74) is 1.40. The van der Waals surface area contributed by atoms with Gasteiger partial charge in [0, 0.05) is 35.9 Å². The molecule has 0 spiro atoms. The van der Waals surface area contributed by atoms with Gasteiger partial charge in [0.1, 0.15) is 10.9 Å². The first-order valence-electron chi connectivity index (χ1n) is 8.82. The highest BCUT2D eigenvalue weighted by atomic mass is 36.0. The van der Waals surface area contributed by atoms with Gasteiger partial charge >= 0.3 is 5.20 Å². The molecule has 1 unspecified atom stereocenters. The molecule has 2 amide bonds. The Labute approximate surface area is 232 Å². The molecular formula is C18H10Cl7N6O3P.